The van der Waals surface area contributed by atoms with E-state index in [4.69, 9.17) is 4.98 Å². The molecule has 3 aromatic carbocycles. The number of halogens is 5. The Morgan fingerprint density at radius 3 is 2.35 bits per heavy atom. The highest BCUT2D eigenvalue weighted by Crippen LogP contribution is 2.37. The summed E-state index contributed by atoms with van der Waals surface area (Å²) in [6.07, 6.45) is -2.75. The lowest BCUT2D eigenvalue weighted by Crippen LogP contribution is -2.44. The van der Waals surface area contributed by atoms with Gasteiger partial charge in [0.1, 0.15) is 12.8 Å². The van der Waals surface area contributed by atoms with Crippen LogP contribution in [0.3, 0.4) is 0 Å². The molecule has 0 aliphatic carbocycles. The average Bonchev–Trinajstić information content (AvgIpc) is 3.52. The number of likely N-dealkylation sites (tertiary alicyclic amines) is 2. The van der Waals surface area contributed by atoms with Gasteiger partial charge in [0.15, 0.2) is 15.9 Å². The van der Waals surface area contributed by atoms with Crippen LogP contribution in [0.4, 0.5) is 22.0 Å². The molecule has 0 unspecified atom stereocenters. The molecular weight excluding hydrogens is 663 g/mol. The molecule has 0 radical (unpaired) electrons. The smallest absolute Gasteiger partial charge is 0.337 e. The number of pyridine rings is 1. The predicted molar refractivity (Wildman–Crippen MR) is 177 cm³/mol. The third-order valence-electron chi connectivity index (χ3n) is 9.42. The van der Waals surface area contributed by atoms with E-state index >= 15 is 0 Å². The summed E-state index contributed by atoms with van der Waals surface area (Å²) in [5, 5.41) is 2.28. The van der Waals surface area contributed by atoms with Crippen molar-refractivity contribution in [1.82, 2.24) is 20.1 Å². The summed E-state index contributed by atoms with van der Waals surface area (Å²) in [5.74, 6) is -1.05. The summed E-state index contributed by atoms with van der Waals surface area (Å²) in [6.45, 7) is 1.55. The largest absolute Gasteiger partial charge is 0.412 e. The summed E-state index contributed by atoms with van der Waals surface area (Å²) in [6, 6.07) is 15.4. The van der Waals surface area contributed by atoms with Gasteiger partial charge in [-0.1, -0.05) is 48.5 Å². The van der Waals surface area contributed by atoms with E-state index in [-0.39, 0.29) is 45.2 Å². The lowest BCUT2D eigenvalue weighted by atomic mass is 9.93. The van der Waals surface area contributed by atoms with Crippen LogP contribution in [0.15, 0.2) is 77.7 Å². The van der Waals surface area contributed by atoms with Gasteiger partial charge in [-0.2, -0.15) is 13.2 Å². The molecule has 49 heavy (non-hydrogen) atoms. The molecule has 13 heteroatoms. The number of hydrogen-bond donors (Lipinski definition) is 1. The van der Waals surface area contributed by atoms with Gasteiger partial charge < -0.3 is 5.32 Å². The Balaban J connectivity index is 1.50. The van der Waals surface area contributed by atoms with Crippen LogP contribution in [-0.4, -0.2) is 79.9 Å². The van der Waals surface area contributed by atoms with Crippen molar-refractivity contribution in [1.29, 1.82) is 0 Å². The molecule has 1 N–H and O–H groups in total. The van der Waals surface area contributed by atoms with Gasteiger partial charge in [0.2, 0.25) is 0 Å². The molecule has 6 rings (SSSR count). The number of alkyl halides is 5. The van der Waals surface area contributed by atoms with E-state index in [2.05, 4.69) is 15.1 Å². The summed E-state index contributed by atoms with van der Waals surface area (Å²) in [4.78, 5) is 23.3. The molecule has 2 aliphatic rings. The molecule has 7 nitrogen and oxygen atoms in total. The minimum atomic E-state index is -4.85. The first-order valence-corrected chi connectivity index (χ1v) is 18.1. The first kappa shape index (κ1) is 34.9. The van der Waals surface area contributed by atoms with Crippen LogP contribution in [0.5, 0.6) is 0 Å². The number of carbonyl (C=O) groups excluding carboxylic acids is 1. The third-order valence-corrected chi connectivity index (χ3v) is 10.5. The monoisotopic (exact) mass is 700 g/mol. The van der Waals surface area contributed by atoms with Crippen LogP contribution in [0, 0.1) is 0 Å². The summed E-state index contributed by atoms with van der Waals surface area (Å²) < 4.78 is 96.6. The number of benzene rings is 3. The second-order valence-corrected chi connectivity index (χ2v) is 14.9. The van der Waals surface area contributed by atoms with Crippen molar-refractivity contribution in [2.45, 2.75) is 61.8 Å². The highest BCUT2D eigenvalue weighted by molar-refractivity contribution is 7.90. The zero-order chi connectivity index (χ0) is 34.9. The lowest BCUT2D eigenvalue weighted by Gasteiger charge is -2.37. The van der Waals surface area contributed by atoms with Crippen molar-refractivity contribution in [3.8, 4) is 11.3 Å². The van der Waals surface area contributed by atoms with Crippen LogP contribution < -0.4 is 5.32 Å². The number of carbonyl (C=O) groups is 1. The fourth-order valence-corrected chi connectivity index (χ4v) is 7.56. The van der Waals surface area contributed by atoms with Gasteiger partial charge in [0, 0.05) is 48.4 Å². The molecule has 2 saturated heterocycles. The summed E-state index contributed by atoms with van der Waals surface area (Å²) in [7, 11) is -3.78. The van der Waals surface area contributed by atoms with Crippen molar-refractivity contribution in [3.63, 3.8) is 0 Å². The van der Waals surface area contributed by atoms with E-state index < -0.39 is 40.8 Å². The van der Waals surface area contributed by atoms with Crippen molar-refractivity contribution in [3.05, 3.63) is 95.1 Å². The van der Waals surface area contributed by atoms with Gasteiger partial charge in [-0.15, -0.1) is 0 Å². The maximum Gasteiger partial charge on any atom is 0.412 e. The Kier molecular flexibility index (Phi) is 10.1. The Morgan fingerprint density at radius 1 is 0.980 bits per heavy atom. The molecule has 4 aromatic rings. The van der Waals surface area contributed by atoms with E-state index in [0.29, 0.717) is 49.3 Å². The molecule has 2 aliphatic heterocycles. The molecule has 3 heterocycles. The number of amides is 1. The standard InChI is InChI=1S/C36H37F5N4O3S/c1-49(47,48)28-10-11-31-29(19-28)32(35(46)43-34(36(39,40)41)24-7-3-2-4-8-24)30(33(42-31)25-9-5-6-23(18-25)20-37)22-44-15-13-27(14-16-44)45-17-12-26(38)21-45/h2-11,18-19,26-27,34H,12-17,20-22H2,1H3,(H,43,46)/t26-,34+/m0/s1. The minimum absolute atomic E-state index is 0.0794. The van der Waals surface area contributed by atoms with E-state index in [1.807, 2.05) is 0 Å². The first-order valence-electron chi connectivity index (χ1n) is 16.2. The zero-order valence-electron chi connectivity index (χ0n) is 26.9. The lowest BCUT2D eigenvalue weighted by molar-refractivity contribution is -0.155. The molecule has 0 bridgehead atoms. The number of aromatic nitrogens is 1. The third kappa shape index (κ3) is 7.79. The van der Waals surface area contributed by atoms with Crippen LogP contribution >= 0.6 is 0 Å². The molecule has 260 valence electrons. The molecule has 0 saturated carbocycles. The van der Waals surface area contributed by atoms with Gasteiger partial charge in [-0.05, 0) is 67.7 Å². The molecule has 0 spiro atoms. The topological polar surface area (TPSA) is 82.6 Å². The molecule has 2 atom stereocenters. The first-order chi connectivity index (χ1) is 23.3. The van der Waals surface area contributed by atoms with Gasteiger partial charge in [0.05, 0.1) is 21.7 Å². The van der Waals surface area contributed by atoms with Crippen molar-refractivity contribution < 1.29 is 35.2 Å². The van der Waals surface area contributed by atoms with Gasteiger partial charge >= 0.3 is 6.18 Å². The number of piperidine rings is 1. The van der Waals surface area contributed by atoms with Crippen molar-refractivity contribution >= 4 is 26.6 Å². The van der Waals surface area contributed by atoms with Crippen molar-refractivity contribution in [2.75, 3.05) is 32.4 Å². The second kappa shape index (κ2) is 14.1. The maximum atomic E-state index is 14.5. The minimum Gasteiger partial charge on any atom is -0.337 e. The van der Waals surface area contributed by atoms with Crippen LogP contribution in [0.1, 0.15) is 52.4 Å². The quantitative estimate of drug-likeness (QED) is 0.193. The van der Waals surface area contributed by atoms with E-state index in [1.165, 1.54) is 42.5 Å². The Bertz CT molecular complexity index is 1930. The summed E-state index contributed by atoms with van der Waals surface area (Å²) >= 11 is 0. The van der Waals surface area contributed by atoms with Crippen LogP contribution in [-0.2, 0) is 23.1 Å². The van der Waals surface area contributed by atoms with Crippen LogP contribution in [0.2, 0.25) is 0 Å². The molecule has 2 fully saturated rings. The van der Waals surface area contributed by atoms with Gasteiger partial charge in [0.25, 0.3) is 5.91 Å². The molecular formula is C36H37F5N4O3S. The predicted octanol–water partition coefficient (Wildman–Crippen LogP) is 6.82. The van der Waals surface area contributed by atoms with Crippen molar-refractivity contribution in [2.24, 2.45) is 0 Å². The second-order valence-electron chi connectivity index (χ2n) is 12.8. The highest BCUT2D eigenvalue weighted by Gasteiger charge is 2.42. The Labute approximate surface area is 282 Å². The van der Waals surface area contributed by atoms with Gasteiger partial charge in [-0.3, -0.25) is 14.6 Å². The SMILES string of the molecule is CS(=O)(=O)c1ccc2nc(-c3cccc(CF)c3)c(CN3CCC(N4CC[C@H](F)C4)CC3)c(C(=O)N[C@H](c3ccccc3)C(F)(F)F)c2c1. The fourth-order valence-electron chi connectivity index (χ4n) is 6.91. The van der Waals surface area contributed by atoms with E-state index in [1.54, 1.807) is 30.3 Å². The number of rotatable bonds is 9. The van der Waals surface area contributed by atoms with Crippen LogP contribution in [0.25, 0.3) is 22.2 Å². The Morgan fingerprint density at radius 2 is 1.71 bits per heavy atom. The molecule has 1 amide bonds. The number of sulfone groups is 1. The number of fused-ring (bicyclic) bond motifs is 1. The number of nitrogens with zero attached hydrogens (tertiary/aromatic N) is 3. The van der Waals surface area contributed by atoms with E-state index in [9.17, 15) is 35.2 Å². The van der Waals surface area contributed by atoms with E-state index in [0.717, 1.165) is 19.1 Å². The number of nitrogens with one attached hydrogen (secondary N) is 1. The number of hydrogen-bond acceptors (Lipinski definition) is 6. The normalized spacial score (nSPS) is 18.9. The molecule has 1 aromatic heterocycles. The zero-order valence-corrected chi connectivity index (χ0v) is 27.7. The fraction of sp³-hybridized carbons (Fsp3) is 0.389. The summed E-state index contributed by atoms with van der Waals surface area (Å²) in [5.41, 5.74) is 1.28. The van der Waals surface area contributed by atoms with Gasteiger partial charge in [-0.25, -0.2) is 22.2 Å². The Hall–Kier alpha value is -3.94. The highest BCUT2D eigenvalue weighted by atomic mass is 32.2. The average molecular weight is 701 g/mol. The maximum absolute atomic E-state index is 14.5.